The van der Waals surface area contributed by atoms with Crippen LogP contribution in [0.4, 0.5) is 0 Å². The molecular formula is C9H22NO6PS. The third-order valence-electron chi connectivity index (χ3n) is 2.51. The molecule has 3 N–H and O–H groups in total. The lowest BCUT2D eigenvalue weighted by molar-refractivity contribution is 0.303. The summed E-state index contributed by atoms with van der Waals surface area (Å²) in [6.07, 6.45) is 6.30. The topological polar surface area (TPSA) is 115 Å². The first-order valence-electron chi connectivity index (χ1n) is 6.00. The van der Waals surface area contributed by atoms with Gasteiger partial charge in [0.25, 0.3) is 0 Å². The molecule has 0 saturated carbocycles. The summed E-state index contributed by atoms with van der Waals surface area (Å²) in [6.45, 7) is 1.74. The molecule has 0 aromatic heterocycles. The second-order valence-electron chi connectivity index (χ2n) is 4.16. The van der Waals surface area contributed by atoms with Crippen molar-refractivity contribution in [3.05, 3.63) is 0 Å². The number of hydrogen-bond donors (Lipinski definition) is 3. The molecule has 0 bridgehead atoms. The average molecular weight is 303 g/mol. The van der Waals surface area contributed by atoms with E-state index in [2.05, 4.69) is 6.92 Å². The van der Waals surface area contributed by atoms with Crippen LogP contribution in [0.5, 0.6) is 0 Å². The van der Waals surface area contributed by atoms with E-state index in [1.807, 2.05) is 0 Å². The molecule has 0 amide bonds. The van der Waals surface area contributed by atoms with Gasteiger partial charge in [0.15, 0.2) is 0 Å². The molecule has 0 aliphatic rings. The Hall–Kier alpha value is 0.0200. The Balaban J connectivity index is 3.98. The molecule has 110 valence electrons. The van der Waals surface area contributed by atoms with Crippen molar-refractivity contribution < 1.29 is 27.3 Å². The lowest BCUT2D eigenvalue weighted by atomic mass is 10.1. The lowest BCUT2D eigenvalue weighted by Crippen LogP contribution is -2.28. The summed E-state index contributed by atoms with van der Waals surface area (Å²) in [5.41, 5.74) is 0. The molecule has 0 spiro atoms. The largest absolute Gasteiger partial charge is 0.418 e. The molecule has 0 saturated heterocycles. The molecule has 0 aromatic rings. The first kappa shape index (κ1) is 18.0. The third kappa shape index (κ3) is 8.18. The van der Waals surface area contributed by atoms with Crippen LogP contribution in [-0.2, 0) is 14.9 Å². The predicted molar refractivity (Wildman–Crippen MR) is 68.3 cm³/mol. The maximum absolute atomic E-state index is 10.9. The minimum atomic E-state index is -4.97. The van der Waals surface area contributed by atoms with Crippen molar-refractivity contribution in [3.8, 4) is 0 Å². The highest BCUT2D eigenvalue weighted by Crippen LogP contribution is 2.42. The van der Waals surface area contributed by atoms with Crippen LogP contribution in [0.2, 0.25) is 0 Å². The van der Waals surface area contributed by atoms with Gasteiger partial charge in [0.1, 0.15) is 0 Å². The van der Waals surface area contributed by atoms with Crippen LogP contribution >= 0.6 is 7.75 Å². The summed E-state index contributed by atoms with van der Waals surface area (Å²) in [5, 5.41) is 0. The maximum atomic E-state index is 10.9. The van der Waals surface area contributed by atoms with E-state index in [1.165, 1.54) is 0 Å². The fraction of sp³-hybridized carbons (Fsp3) is 1.00. The molecule has 0 atom stereocenters. The van der Waals surface area contributed by atoms with Gasteiger partial charge in [0.05, 0.1) is 0 Å². The van der Waals surface area contributed by atoms with Crippen LogP contribution in [0.25, 0.3) is 0 Å². The predicted octanol–water partition coefficient (Wildman–Crippen LogP) is 1.93. The molecule has 9 heteroatoms. The molecule has 0 radical (unpaired) electrons. The van der Waals surface area contributed by atoms with Gasteiger partial charge >= 0.3 is 18.1 Å². The molecule has 7 nitrogen and oxygen atoms in total. The van der Waals surface area contributed by atoms with Crippen molar-refractivity contribution in [2.45, 2.75) is 51.9 Å². The van der Waals surface area contributed by atoms with Gasteiger partial charge < -0.3 is 9.79 Å². The van der Waals surface area contributed by atoms with Crippen LogP contribution in [-0.4, -0.2) is 33.4 Å². The number of rotatable bonds is 10. The Morgan fingerprint density at radius 1 is 1.00 bits per heavy atom. The Morgan fingerprint density at radius 2 is 1.44 bits per heavy atom. The van der Waals surface area contributed by atoms with Crippen LogP contribution in [0.3, 0.4) is 0 Å². The van der Waals surface area contributed by atoms with Crippen LogP contribution in [0.1, 0.15) is 51.9 Å². The van der Waals surface area contributed by atoms with E-state index in [-0.39, 0.29) is 10.6 Å². The van der Waals surface area contributed by atoms with Crippen LogP contribution < -0.4 is 0 Å². The van der Waals surface area contributed by atoms with Crippen LogP contribution in [0, 0.1) is 0 Å². The van der Waals surface area contributed by atoms with E-state index in [9.17, 15) is 13.0 Å². The van der Waals surface area contributed by atoms with Crippen molar-refractivity contribution in [3.63, 3.8) is 0 Å². The fourth-order valence-electron chi connectivity index (χ4n) is 1.58. The molecule has 0 aliphatic heterocycles. The van der Waals surface area contributed by atoms with E-state index in [0.717, 1.165) is 32.1 Å². The summed E-state index contributed by atoms with van der Waals surface area (Å²) >= 11 is 0. The van der Waals surface area contributed by atoms with Gasteiger partial charge in [-0.1, -0.05) is 49.5 Å². The highest BCUT2D eigenvalue weighted by atomic mass is 32.2. The van der Waals surface area contributed by atoms with E-state index >= 15 is 0 Å². The van der Waals surface area contributed by atoms with Gasteiger partial charge in [0, 0.05) is 6.54 Å². The minimum absolute atomic E-state index is 0.161. The Bertz CT molecular complexity index is 365. The van der Waals surface area contributed by atoms with Crippen molar-refractivity contribution in [1.82, 2.24) is 4.08 Å². The Morgan fingerprint density at radius 3 is 1.83 bits per heavy atom. The molecule has 0 aliphatic carbocycles. The molecular weight excluding hydrogens is 281 g/mol. The van der Waals surface area contributed by atoms with E-state index < -0.39 is 18.1 Å². The molecule has 0 fully saturated rings. The van der Waals surface area contributed by atoms with E-state index in [4.69, 9.17) is 14.3 Å². The Kier molecular flexibility index (Phi) is 8.25. The second-order valence-corrected chi connectivity index (χ2v) is 7.27. The molecule has 0 rings (SSSR count). The second kappa shape index (κ2) is 8.24. The summed E-state index contributed by atoms with van der Waals surface area (Å²) in [7, 11) is -9.82. The quantitative estimate of drug-likeness (QED) is 0.323. The fourth-order valence-corrected chi connectivity index (χ4v) is 3.42. The minimum Gasteiger partial charge on any atom is -0.312 e. The van der Waals surface area contributed by atoms with Gasteiger partial charge in [0.2, 0.25) is 0 Å². The molecule has 0 unspecified atom stereocenters. The molecule has 18 heavy (non-hydrogen) atoms. The highest BCUT2D eigenvalue weighted by molar-refractivity contribution is 7.89. The normalized spacial score (nSPS) is 13.2. The van der Waals surface area contributed by atoms with Gasteiger partial charge in [-0.05, 0) is 6.42 Å². The first-order valence-corrected chi connectivity index (χ1v) is 8.97. The SMILES string of the molecule is CCCCCCCCCN(P(=O)(O)O)S(=O)(=O)O. The van der Waals surface area contributed by atoms with Crippen molar-refractivity contribution >= 4 is 18.1 Å². The summed E-state index contributed by atoms with van der Waals surface area (Å²) in [5.74, 6) is 0. The van der Waals surface area contributed by atoms with Gasteiger partial charge in [-0.15, -0.1) is 0 Å². The number of hydrogen-bond acceptors (Lipinski definition) is 3. The molecule has 0 aromatic carbocycles. The van der Waals surface area contributed by atoms with E-state index in [1.54, 1.807) is 0 Å². The zero-order valence-electron chi connectivity index (χ0n) is 10.5. The van der Waals surface area contributed by atoms with Crippen molar-refractivity contribution in [1.29, 1.82) is 0 Å². The zero-order valence-corrected chi connectivity index (χ0v) is 12.2. The van der Waals surface area contributed by atoms with Gasteiger partial charge in [-0.3, -0.25) is 4.55 Å². The van der Waals surface area contributed by atoms with Gasteiger partial charge in [-0.2, -0.15) is 8.42 Å². The highest BCUT2D eigenvalue weighted by Gasteiger charge is 2.34. The number of unbranched alkanes of at least 4 members (excludes halogenated alkanes) is 6. The Labute approximate surface area is 108 Å². The first-order chi connectivity index (χ1) is 8.19. The van der Waals surface area contributed by atoms with Gasteiger partial charge in [-0.25, -0.2) is 4.57 Å². The van der Waals surface area contributed by atoms with Crippen LogP contribution in [0.15, 0.2) is 0 Å². The average Bonchev–Trinajstić information content (AvgIpc) is 2.18. The smallest absolute Gasteiger partial charge is 0.312 e. The third-order valence-corrected chi connectivity index (χ3v) is 5.26. The lowest BCUT2D eigenvalue weighted by Gasteiger charge is -2.18. The zero-order chi connectivity index (χ0) is 14.2. The van der Waals surface area contributed by atoms with Crippen molar-refractivity contribution in [2.24, 2.45) is 0 Å². The maximum Gasteiger partial charge on any atom is 0.418 e. The standard InChI is InChI=1S/C9H22NO6PS/c1-2-3-4-5-6-7-8-9-10(17(11,12)13)18(14,15)16/h2-9H2,1H3,(H2,11,12,13)(H,14,15,16). The van der Waals surface area contributed by atoms with E-state index in [0.29, 0.717) is 12.8 Å². The summed E-state index contributed by atoms with van der Waals surface area (Å²) in [6, 6.07) is 0. The molecule has 0 heterocycles. The summed E-state index contributed by atoms with van der Waals surface area (Å²) < 4.78 is 40.9. The number of nitrogens with zero attached hydrogens (tertiary/aromatic N) is 1. The van der Waals surface area contributed by atoms with Crippen molar-refractivity contribution in [2.75, 3.05) is 6.54 Å². The summed E-state index contributed by atoms with van der Waals surface area (Å²) in [4.78, 5) is 17.6. The monoisotopic (exact) mass is 303 g/mol.